The lowest BCUT2D eigenvalue weighted by atomic mass is 9.81. The van der Waals surface area contributed by atoms with E-state index in [1.54, 1.807) is 25.1 Å². The van der Waals surface area contributed by atoms with E-state index >= 15 is 8.78 Å². The zero-order valence-electron chi connectivity index (χ0n) is 21.0. The van der Waals surface area contributed by atoms with Gasteiger partial charge in [-0.3, -0.25) is 0 Å². The summed E-state index contributed by atoms with van der Waals surface area (Å²) in [5.74, 6) is -6.68. The Balaban J connectivity index is 1.56. The molecule has 1 aliphatic rings. The Bertz CT molecular complexity index is 1320. The summed E-state index contributed by atoms with van der Waals surface area (Å²) in [6.07, 6.45) is 6.34. The lowest BCUT2D eigenvalue weighted by molar-refractivity contribution is 0.478. The highest BCUT2D eigenvalue weighted by Gasteiger charge is 2.26. The first-order valence-electron chi connectivity index (χ1n) is 12.9. The van der Waals surface area contributed by atoms with Gasteiger partial charge in [-0.2, -0.15) is 0 Å². The van der Waals surface area contributed by atoms with Crippen LogP contribution in [0.3, 0.4) is 0 Å². The van der Waals surface area contributed by atoms with Crippen LogP contribution in [0.1, 0.15) is 80.5 Å². The Kier molecular flexibility index (Phi) is 8.46. The summed E-state index contributed by atoms with van der Waals surface area (Å²) in [6.45, 7) is 3.72. The molecule has 3 aromatic carbocycles. The second-order valence-electron chi connectivity index (χ2n) is 9.64. The first-order valence-corrected chi connectivity index (χ1v) is 12.9. The van der Waals surface area contributed by atoms with Crippen LogP contribution in [0.15, 0.2) is 42.5 Å². The van der Waals surface area contributed by atoms with Crippen LogP contribution in [0, 0.1) is 34.9 Å². The zero-order valence-corrected chi connectivity index (χ0v) is 21.0. The second-order valence-corrected chi connectivity index (χ2v) is 9.64. The summed E-state index contributed by atoms with van der Waals surface area (Å²) in [5.41, 5.74) is 0.806. The lowest BCUT2D eigenvalue weighted by Crippen LogP contribution is -2.09. The molecule has 0 fully saturated rings. The first-order chi connectivity index (χ1) is 17.8. The lowest BCUT2D eigenvalue weighted by Gasteiger charge is -2.24. The third kappa shape index (κ3) is 5.34. The maximum Gasteiger partial charge on any atom is 0.167 e. The van der Waals surface area contributed by atoms with Crippen molar-refractivity contribution in [1.29, 1.82) is 0 Å². The molecule has 0 aromatic heterocycles. The summed E-state index contributed by atoms with van der Waals surface area (Å²) in [5, 5.41) is 0. The summed E-state index contributed by atoms with van der Waals surface area (Å²) in [7, 11) is 0. The van der Waals surface area contributed by atoms with Gasteiger partial charge in [-0.15, -0.1) is 0 Å². The number of benzene rings is 3. The third-order valence-electron chi connectivity index (χ3n) is 7.35. The Morgan fingerprint density at radius 2 is 1.24 bits per heavy atom. The van der Waals surface area contributed by atoms with Gasteiger partial charge in [-0.05, 0) is 66.7 Å². The van der Waals surface area contributed by atoms with E-state index < -0.39 is 34.9 Å². The Hall–Kier alpha value is -3.02. The minimum atomic E-state index is -1.23. The highest BCUT2D eigenvalue weighted by atomic mass is 19.2. The van der Waals surface area contributed by atoms with E-state index in [2.05, 4.69) is 0 Å². The molecule has 37 heavy (non-hydrogen) atoms. The van der Waals surface area contributed by atoms with Crippen molar-refractivity contribution in [3.05, 3.63) is 99.6 Å². The maximum absolute atomic E-state index is 15.1. The van der Waals surface area contributed by atoms with Gasteiger partial charge >= 0.3 is 0 Å². The number of halogens is 6. The van der Waals surface area contributed by atoms with E-state index in [0.29, 0.717) is 36.8 Å². The van der Waals surface area contributed by atoms with Gasteiger partial charge in [0.15, 0.2) is 34.9 Å². The molecule has 0 N–H and O–H groups in total. The molecule has 1 aliphatic carbocycles. The zero-order chi connectivity index (χ0) is 26.7. The van der Waals surface area contributed by atoms with Gasteiger partial charge in [0.25, 0.3) is 0 Å². The van der Waals surface area contributed by atoms with Gasteiger partial charge in [-0.25, -0.2) is 26.3 Å². The molecule has 0 nitrogen and oxygen atoms in total. The van der Waals surface area contributed by atoms with Crippen LogP contribution in [-0.4, -0.2) is 0 Å². The van der Waals surface area contributed by atoms with E-state index in [1.807, 2.05) is 6.92 Å². The summed E-state index contributed by atoms with van der Waals surface area (Å²) in [4.78, 5) is 0. The molecule has 3 aromatic rings. The fraction of sp³-hybridized carbons (Fsp3) is 0.355. The van der Waals surface area contributed by atoms with Crippen molar-refractivity contribution in [3.63, 3.8) is 0 Å². The second kappa shape index (κ2) is 11.6. The highest BCUT2D eigenvalue weighted by Crippen LogP contribution is 2.40. The highest BCUT2D eigenvalue weighted by molar-refractivity contribution is 5.68. The van der Waals surface area contributed by atoms with Crippen LogP contribution in [0.4, 0.5) is 26.3 Å². The van der Waals surface area contributed by atoms with Gasteiger partial charge < -0.3 is 0 Å². The van der Waals surface area contributed by atoms with Crippen molar-refractivity contribution < 1.29 is 26.3 Å². The third-order valence-corrected chi connectivity index (χ3v) is 7.35. The van der Waals surface area contributed by atoms with Crippen molar-refractivity contribution in [1.82, 2.24) is 0 Å². The molecule has 1 atom stereocenters. The van der Waals surface area contributed by atoms with Crippen LogP contribution < -0.4 is 0 Å². The number of hydrogen-bond acceptors (Lipinski definition) is 0. The Morgan fingerprint density at radius 1 is 0.649 bits per heavy atom. The van der Waals surface area contributed by atoms with Crippen molar-refractivity contribution >= 4 is 5.57 Å². The molecule has 0 saturated carbocycles. The molecule has 6 heteroatoms. The standard InChI is InChI=1S/C31H30F6/c1-3-5-6-7-21-13-14-22(28(34)27(21)33)19-8-10-20(11-9-19)23-16-17-25(31(37)29(23)35)24-15-12-18(4-2)26(32)30(24)36/h8,12-17,20H,3-7,9-11H2,1-2H3. The summed E-state index contributed by atoms with van der Waals surface area (Å²) >= 11 is 0. The minimum absolute atomic E-state index is 0.125. The number of hydrogen-bond donors (Lipinski definition) is 0. The van der Waals surface area contributed by atoms with Crippen LogP contribution in [0.2, 0.25) is 0 Å². The van der Waals surface area contributed by atoms with E-state index in [-0.39, 0.29) is 40.2 Å². The number of unbranched alkanes of at least 4 members (excludes halogenated alkanes) is 2. The molecule has 0 amide bonds. The molecule has 1 unspecified atom stereocenters. The molecule has 0 saturated heterocycles. The van der Waals surface area contributed by atoms with Gasteiger partial charge in [0, 0.05) is 16.7 Å². The molecule has 0 bridgehead atoms. The smallest absolute Gasteiger partial charge is 0.167 e. The Morgan fingerprint density at radius 3 is 1.89 bits per heavy atom. The van der Waals surface area contributed by atoms with Crippen molar-refractivity contribution in [2.45, 2.75) is 71.1 Å². The van der Waals surface area contributed by atoms with Gasteiger partial charge in [0.1, 0.15) is 0 Å². The van der Waals surface area contributed by atoms with E-state index in [1.165, 1.54) is 24.3 Å². The van der Waals surface area contributed by atoms with Crippen LogP contribution in [-0.2, 0) is 12.8 Å². The van der Waals surface area contributed by atoms with Crippen LogP contribution in [0.5, 0.6) is 0 Å². The quantitative estimate of drug-likeness (QED) is 0.206. The van der Waals surface area contributed by atoms with Crippen molar-refractivity contribution in [2.75, 3.05) is 0 Å². The predicted molar refractivity (Wildman–Crippen MR) is 135 cm³/mol. The molecule has 196 valence electrons. The molecule has 0 spiro atoms. The van der Waals surface area contributed by atoms with Crippen LogP contribution in [0.25, 0.3) is 16.7 Å². The number of allylic oxidation sites excluding steroid dienone is 2. The molecular weight excluding hydrogens is 486 g/mol. The molecular formula is C31H30F6. The molecule has 0 radical (unpaired) electrons. The normalized spacial score (nSPS) is 15.7. The first kappa shape index (κ1) is 27.0. The van der Waals surface area contributed by atoms with E-state index in [9.17, 15) is 17.6 Å². The topological polar surface area (TPSA) is 0 Å². The average molecular weight is 517 g/mol. The number of aryl methyl sites for hydroxylation is 2. The van der Waals surface area contributed by atoms with Crippen LogP contribution >= 0.6 is 0 Å². The molecule has 0 heterocycles. The summed E-state index contributed by atoms with van der Waals surface area (Å²) in [6, 6.07) is 8.51. The van der Waals surface area contributed by atoms with Crippen molar-refractivity contribution in [3.8, 4) is 11.1 Å². The largest absolute Gasteiger partial charge is 0.203 e. The van der Waals surface area contributed by atoms with Gasteiger partial charge in [0.2, 0.25) is 0 Å². The maximum atomic E-state index is 15.1. The van der Waals surface area contributed by atoms with E-state index in [4.69, 9.17) is 0 Å². The minimum Gasteiger partial charge on any atom is -0.203 e. The molecule has 0 aliphatic heterocycles. The fourth-order valence-corrected chi connectivity index (χ4v) is 5.12. The average Bonchev–Trinajstić information content (AvgIpc) is 2.90. The fourth-order valence-electron chi connectivity index (χ4n) is 5.12. The van der Waals surface area contributed by atoms with E-state index in [0.717, 1.165) is 19.3 Å². The Labute approximate surface area is 214 Å². The SMILES string of the molecule is CCCCCc1ccc(C2=CCC(c3ccc(-c4ccc(CC)c(F)c4F)c(F)c3F)CC2)c(F)c1F. The van der Waals surface area contributed by atoms with Crippen molar-refractivity contribution in [2.24, 2.45) is 0 Å². The summed E-state index contributed by atoms with van der Waals surface area (Å²) < 4.78 is 88.3. The molecule has 4 rings (SSSR count). The van der Waals surface area contributed by atoms with Gasteiger partial charge in [0.05, 0.1) is 0 Å². The monoisotopic (exact) mass is 516 g/mol. The van der Waals surface area contributed by atoms with Gasteiger partial charge in [-0.1, -0.05) is 69.2 Å². The predicted octanol–water partition coefficient (Wildman–Crippen LogP) is 9.83. The number of rotatable bonds is 8.